The van der Waals surface area contributed by atoms with E-state index in [9.17, 15) is 14.7 Å². The third-order valence-corrected chi connectivity index (χ3v) is 6.66. The average Bonchev–Trinajstić information content (AvgIpc) is 3.44. The summed E-state index contributed by atoms with van der Waals surface area (Å²) in [5.74, 6) is -0.102. The molecule has 192 valence electrons. The zero-order valence-corrected chi connectivity index (χ0v) is 21.8. The van der Waals surface area contributed by atoms with E-state index in [1.807, 2.05) is 44.2 Å². The van der Waals surface area contributed by atoms with Gasteiger partial charge in [0, 0.05) is 5.56 Å². The number of ketones is 1. The number of nitrogens with zero attached hydrogens (tertiary/aromatic N) is 3. The highest BCUT2D eigenvalue weighted by Crippen LogP contribution is 2.43. The summed E-state index contributed by atoms with van der Waals surface area (Å²) in [5.41, 5.74) is 0.915. The molecule has 1 aliphatic heterocycles. The van der Waals surface area contributed by atoms with Crippen molar-refractivity contribution in [3.63, 3.8) is 0 Å². The number of aliphatic hydroxyl groups is 1. The van der Waals surface area contributed by atoms with Gasteiger partial charge in [0.25, 0.3) is 5.78 Å². The first-order chi connectivity index (χ1) is 18.3. The topological polar surface area (TPSA) is 102 Å². The number of rotatable bonds is 7. The molecule has 1 fully saturated rings. The normalized spacial score (nSPS) is 16.7. The van der Waals surface area contributed by atoms with Gasteiger partial charge in [-0.2, -0.15) is 0 Å². The fraction of sp³-hybridized carbons (Fsp3) is 0.172. The largest absolute Gasteiger partial charge is 0.507 e. The van der Waals surface area contributed by atoms with E-state index >= 15 is 0 Å². The SMILES string of the molecule is Cc1nnc(N2C(=O)C(=O)/C(=C(\O)c3ccc(OC(C)C)cc3)C2c2cccc(Oc3ccccc3)c2)s1. The number of carbonyl (C=O) groups excluding carboxylic acids is 2. The minimum absolute atomic E-state index is 0.0134. The summed E-state index contributed by atoms with van der Waals surface area (Å²) in [6, 6.07) is 22.2. The van der Waals surface area contributed by atoms with Crippen LogP contribution in [-0.4, -0.2) is 33.1 Å². The average molecular weight is 528 g/mol. The van der Waals surface area contributed by atoms with Crippen LogP contribution in [0.15, 0.2) is 84.4 Å². The van der Waals surface area contributed by atoms with Gasteiger partial charge in [0.05, 0.1) is 17.7 Å². The van der Waals surface area contributed by atoms with Crippen molar-refractivity contribution in [3.8, 4) is 17.2 Å². The van der Waals surface area contributed by atoms with Crippen LogP contribution in [0.2, 0.25) is 0 Å². The number of hydrogen-bond acceptors (Lipinski definition) is 8. The Morgan fingerprint density at radius 2 is 1.63 bits per heavy atom. The van der Waals surface area contributed by atoms with Crippen molar-refractivity contribution in [3.05, 3.63) is 101 Å². The minimum Gasteiger partial charge on any atom is -0.507 e. The maximum atomic E-state index is 13.4. The molecule has 1 N–H and O–H groups in total. The van der Waals surface area contributed by atoms with Gasteiger partial charge in [-0.3, -0.25) is 14.5 Å². The molecule has 9 heteroatoms. The maximum absolute atomic E-state index is 13.4. The van der Waals surface area contributed by atoms with Crippen molar-refractivity contribution in [2.75, 3.05) is 4.90 Å². The standard InChI is InChI=1S/C29H25N3O5S/c1-17(2)36-22-14-12-19(13-15-22)26(33)24-25(32(28(35)27(24)34)29-31-30-18(3)38-29)20-8-7-11-23(16-20)37-21-9-5-4-6-10-21/h4-17,25,33H,1-3H3/b26-24-. The first kappa shape index (κ1) is 25.2. The number of ether oxygens (including phenoxy) is 2. The van der Waals surface area contributed by atoms with Crippen molar-refractivity contribution in [2.45, 2.75) is 32.9 Å². The number of carbonyl (C=O) groups is 2. The monoisotopic (exact) mass is 527 g/mol. The highest BCUT2D eigenvalue weighted by molar-refractivity contribution is 7.15. The number of anilines is 1. The zero-order valence-electron chi connectivity index (χ0n) is 21.0. The van der Waals surface area contributed by atoms with E-state index in [4.69, 9.17) is 9.47 Å². The molecule has 1 amide bonds. The minimum atomic E-state index is -0.937. The van der Waals surface area contributed by atoms with Crippen LogP contribution in [0.4, 0.5) is 5.13 Å². The number of benzene rings is 3. The lowest BCUT2D eigenvalue weighted by Crippen LogP contribution is -2.29. The van der Waals surface area contributed by atoms with Gasteiger partial charge in [0.1, 0.15) is 28.0 Å². The number of aromatic nitrogens is 2. The van der Waals surface area contributed by atoms with Gasteiger partial charge in [0.15, 0.2) is 0 Å². The first-order valence-electron chi connectivity index (χ1n) is 12.0. The quantitative estimate of drug-likeness (QED) is 0.177. The Balaban J connectivity index is 1.61. The molecule has 4 aromatic rings. The first-order valence-corrected chi connectivity index (χ1v) is 12.8. The van der Waals surface area contributed by atoms with Gasteiger partial charge >= 0.3 is 5.91 Å². The van der Waals surface area contributed by atoms with E-state index in [2.05, 4.69) is 10.2 Å². The van der Waals surface area contributed by atoms with Gasteiger partial charge in [-0.05, 0) is 74.9 Å². The predicted molar refractivity (Wildman–Crippen MR) is 145 cm³/mol. The van der Waals surface area contributed by atoms with Crippen molar-refractivity contribution < 1.29 is 24.2 Å². The van der Waals surface area contributed by atoms with Crippen LogP contribution in [0, 0.1) is 6.92 Å². The molecular formula is C29H25N3O5S. The lowest BCUT2D eigenvalue weighted by Gasteiger charge is -2.23. The fourth-order valence-corrected chi connectivity index (χ4v) is 4.93. The molecule has 1 aromatic heterocycles. The molecule has 0 spiro atoms. The van der Waals surface area contributed by atoms with Gasteiger partial charge in [0.2, 0.25) is 5.13 Å². The Hall–Kier alpha value is -4.50. The number of aliphatic hydroxyl groups excluding tert-OH is 1. The molecule has 1 atom stereocenters. The summed E-state index contributed by atoms with van der Waals surface area (Å²) in [7, 11) is 0. The van der Waals surface area contributed by atoms with Crippen LogP contribution in [0.5, 0.6) is 17.2 Å². The Morgan fingerprint density at radius 3 is 2.29 bits per heavy atom. The molecule has 5 rings (SSSR count). The van der Waals surface area contributed by atoms with Crippen molar-refractivity contribution in [1.29, 1.82) is 0 Å². The fourth-order valence-electron chi connectivity index (χ4n) is 4.22. The summed E-state index contributed by atoms with van der Waals surface area (Å²) in [6.45, 7) is 5.60. The van der Waals surface area contributed by atoms with Gasteiger partial charge in [-0.1, -0.05) is 41.7 Å². The smallest absolute Gasteiger partial charge is 0.301 e. The van der Waals surface area contributed by atoms with Gasteiger partial charge in [-0.25, -0.2) is 0 Å². The summed E-state index contributed by atoms with van der Waals surface area (Å²) in [4.78, 5) is 28.0. The van der Waals surface area contributed by atoms with E-state index in [1.165, 1.54) is 16.2 Å². The van der Waals surface area contributed by atoms with Crippen molar-refractivity contribution in [1.82, 2.24) is 10.2 Å². The number of aryl methyl sites for hydroxylation is 1. The van der Waals surface area contributed by atoms with Crippen LogP contribution >= 0.6 is 11.3 Å². The highest BCUT2D eigenvalue weighted by atomic mass is 32.1. The highest BCUT2D eigenvalue weighted by Gasteiger charge is 2.48. The molecule has 3 aromatic carbocycles. The van der Waals surface area contributed by atoms with E-state index < -0.39 is 17.7 Å². The van der Waals surface area contributed by atoms with Crippen LogP contribution in [0.25, 0.3) is 5.76 Å². The van der Waals surface area contributed by atoms with Crippen molar-refractivity contribution in [2.24, 2.45) is 0 Å². The van der Waals surface area contributed by atoms with Crippen LogP contribution < -0.4 is 14.4 Å². The summed E-state index contributed by atoms with van der Waals surface area (Å²) in [6.07, 6.45) is -0.0134. The van der Waals surface area contributed by atoms with E-state index in [-0.39, 0.29) is 22.6 Å². The van der Waals surface area contributed by atoms with Crippen LogP contribution in [0.3, 0.4) is 0 Å². The lowest BCUT2D eigenvalue weighted by molar-refractivity contribution is -0.132. The van der Waals surface area contributed by atoms with Crippen LogP contribution in [0.1, 0.15) is 36.0 Å². The third-order valence-electron chi connectivity index (χ3n) is 5.82. The molecule has 0 aliphatic carbocycles. The van der Waals surface area contributed by atoms with E-state index in [0.29, 0.717) is 33.4 Å². The maximum Gasteiger partial charge on any atom is 0.301 e. The molecule has 0 bridgehead atoms. The zero-order chi connectivity index (χ0) is 26.8. The molecule has 1 unspecified atom stereocenters. The van der Waals surface area contributed by atoms with Crippen molar-refractivity contribution >= 4 is 33.9 Å². The molecule has 2 heterocycles. The van der Waals surface area contributed by atoms with Crippen LogP contribution in [-0.2, 0) is 9.59 Å². The van der Waals surface area contributed by atoms with E-state index in [1.54, 1.807) is 55.5 Å². The second-order valence-corrected chi connectivity index (χ2v) is 10.1. The second-order valence-electron chi connectivity index (χ2n) is 8.95. The summed E-state index contributed by atoms with van der Waals surface area (Å²) >= 11 is 1.19. The van der Waals surface area contributed by atoms with Gasteiger partial charge < -0.3 is 14.6 Å². The molecule has 1 saturated heterocycles. The second kappa shape index (κ2) is 10.5. The number of para-hydroxylation sites is 1. The molecule has 0 saturated carbocycles. The van der Waals surface area contributed by atoms with E-state index in [0.717, 1.165) is 0 Å². The molecular weight excluding hydrogens is 502 g/mol. The number of hydrogen-bond donors (Lipinski definition) is 1. The van der Waals surface area contributed by atoms with Gasteiger partial charge in [-0.15, -0.1) is 10.2 Å². The number of amides is 1. The molecule has 0 radical (unpaired) electrons. The number of Topliss-reactive ketones (excluding diaryl/α,β-unsaturated/α-hetero) is 1. The molecule has 38 heavy (non-hydrogen) atoms. The Labute approximate surface area is 223 Å². The summed E-state index contributed by atoms with van der Waals surface area (Å²) in [5, 5.41) is 20.4. The summed E-state index contributed by atoms with van der Waals surface area (Å²) < 4.78 is 11.7. The lowest BCUT2D eigenvalue weighted by atomic mass is 9.95. The predicted octanol–water partition coefficient (Wildman–Crippen LogP) is 6.05. The third kappa shape index (κ3) is 5.01. The Morgan fingerprint density at radius 1 is 0.921 bits per heavy atom. The Bertz CT molecular complexity index is 1510. The Kier molecular flexibility index (Phi) is 6.93. The molecule has 8 nitrogen and oxygen atoms in total. The molecule has 1 aliphatic rings.